The SMILES string of the molecule is CC(C)(C)OC(=O)N1CCC(Cc2ccsc2)CC1.Cl.c1cc(CC2CCNCC2)cs1. The molecular formula is C25H39ClN2O2S2. The highest BCUT2D eigenvalue weighted by Gasteiger charge is 2.26. The molecule has 2 aliphatic heterocycles. The van der Waals surface area contributed by atoms with Crippen LogP contribution >= 0.6 is 35.1 Å². The molecule has 0 atom stereocenters. The molecule has 2 fully saturated rings. The van der Waals surface area contributed by atoms with Gasteiger partial charge in [0.1, 0.15) is 5.60 Å². The van der Waals surface area contributed by atoms with Crippen LogP contribution in [0.3, 0.4) is 0 Å². The Morgan fingerprint density at radius 3 is 1.91 bits per heavy atom. The van der Waals surface area contributed by atoms with E-state index in [2.05, 4.69) is 39.0 Å². The van der Waals surface area contributed by atoms with Gasteiger partial charge in [-0.15, -0.1) is 12.4 Å². The van der Waals surface area contributed by atoms with Crippen molar-refractivity contribution in [3.05, 3.63) is 44.8 Å². The topological polar surface area (TPSA) is 41.6 Å². The Balaban J connectivity index is 0.000000241. The summed E-state index contributed by atoms with van der Waals surface area (Å²) in [4.78, 5) is 13.8. The minimum Gasteiger partial charge on any atom is -0.444 e. The van der Waals surface area contributed by atoms with E-state index in [9.17, 15) is 4.79 Å². The number of nitrogens with zero attached hydrogens (tertiary/aromatic N) is 1. The molecule has 4 nitrogen and oxygen atoms in total. The molecule has 0 unspecified atom stereocenters. The van der Waals surface area contributed by atoms with E-state index in [1.165, 1.54) is 43.5 Å². The Kier molecular flexibility index (Phi) is 11.5. The molecule has 1 amide bonds. The van der Waals surface area contributed by atoms with Crippen LogP contribution in [0.1, 0.15) is 57.6 Å². The first-order valence-corrected chi connectivity index (χ1v) is 13.5. The summed E-state index contributed by atoms with van der Waals surface area (Å²) in [7, 11) is 0. The quantitative estimate of drug-likeness (QED) is 0.513. The standard InChI is InChI=1S/C15H23NO2S.C10H15NS.ClH/c1-15(2,3)18-14(17)16-7-4-12(5-8-16)10-13-6-9-19-11-13;1-4-11-5-2-9(1)7-10-3-6-12-8-10;/h6,9,11-12H,4-5,7-8,10H2,1-3H3;3,6,8-9,11H,1-2,4-5,7H2;1H. The second-order valence-electron chi connectivity index (χ2n) is 9.78. The summed E-state index contributed by atoms with van der Waals surface area (Å²) in [5, 5.41) is 12.2. The number of ether oxygens (including phenoxy) is 1. The third kappa shape index (κ3) is 9.82. The van der Waals surface area contributed by atoms with Crippen molar-refractivity contribution in [1.29, 1.82) is 0 Å². The van der Waals surface area contributed by atoms with E-state index in [0.29, 0.717) is 5.92 Å². The first kappa shape index (κ1) is 27.2. The summed E-state index contributed by atoms with van der Waals surface area (Å²) in [5.41, 5.74) is 2.57. The van der Waals surface area contributed by atoms with Crippen LogP contribution in [0.25, 0.3) is 0 Å². The van der Waals surface area contributed by atoms with E-state index < -0.39 is 5.60 Å². The number of hydrogen-bond acceptors (Lipinski definition) is 5. The highest BCUT2D eigenvalue weighted by atomic mass is 35.5. The van der Waals surface area contributed by atoms with Crippen molar-refractivity contribution in [3.63, 3.8) is 0 Å². The lowest BCUT2D eigenvalue weighted by molar-refractivity contribution is 0.0184. The van der Waals surface area contributed by atoms with E-state index in [-0.39, 0.29) is 18.5 Å². The molecule has 0 saturated carbocycles. The average molecular weight is 499 g/mol. The number of amides is 1. The van der Waals surface area contributed by atoms with Gasteiger partial charge in [-0.05, 0) is 129 Å². The van der Waals surface area contributed by atoms with Crippen molar-refractivity contribution < 1.29 is 9.53 Å². The van der Waals surface area contributed by atoms with E-state index in [1.807, 2.05) is 37.0 Å². The number of thiophene rings is 2. The van der Waals surface area contributed by atoms with Crippen molar-refractivity contribution in [3.8, 4) is 0 Å². The molecule has 4 rings (SSSR count). The van der Waals surface area contributed by atoms with Gasteiger partial charge in [-0.25, -0.2) is 4.79 Å². The molecule has 0 aliphatic carbocycles. The summed E-state index contributed by atoms with van der Waals surface area (Å²) >= 11 is 3.57. The molecule has 0 radical (unpaired) electrons. The zero-order valence-corrected chi connectivity index (χ0v) is 22.1. The lowest BCUT2D eigenvalue weighted by Crippen LogP contribution is -2.42. The van der Waals surface area contributed by atoms with Gasteiger partial charge in [0.2, 0.25) is 0 Å². The Hall–Kier alpha value is -1.08. The number of rotatable bonds is 4. The van der Waals surface area contributed by atoms with Crippen LogP contribution in [0.15, 0.2) is 33.7 Å². The Morgan fingerprint density at radius 2 is 1.47 bits per heavy atom. The van der Waals surface area contributed by atoms with E-state index in [1.54, 1.807) is 11.3 Å². The zero-order chi connectivity index (χ0) is 22.1. The Bertz CT molecular complexity index is 746. The van der Waals surface area contributed by atoms with Crippen LogP contribution < -0.4 is 5.32 Å². The van der Waals surface area contributed by atoms with Crippen molar-refractivity contribution in [2.24, 2.45) is 11.8 Å². The summed E-state index contributed by atoms with van der Waals surface area (Å²) in [6, 6.07) is 4.46. The fourth-order valence-electron chi connectivity index (χ4n) is 4.22. The zero-order valence-electron chi connectivity index (χ0n) is 19.7. The number of hydrogen-bond donors (Lipinski definition) is 1. The van der Waals surface area contributed by atoms with Crippen LogP contribution in [0.2, 0.25) is 0 Å². The molecule has 2 aliphatic rings. The van der Waals surface area contributed by atoms with E-state index in [0.717, 1.165) is 38.3 Å². The molecule has 32 heavy (non-hydrogen) atoms. The molecule has 0 aromatic carbocycles. The van der Waals surface area contributed by atoms with Crippen molar-refractivity contribution >= 4 is 41.2 Å². The smallest absolute Gasteiger partial charge is 0.410 e. The van der Waals surface area contributed by atoms with Gasteiger partial charge in [-0.3, -0.25) is 0 Å². The maximum Gasteiger partial charge on any atom is 0.410 e. The van der Waals surface area contributed by atoms with Crippen molar-refractivity contribution in [2.45, 2.75) is 64.9 Å². The molecule has 0 spiro atoms. The third-order valence-corrected chi connectivity index (χ3v) is 7.40. The molecule has 2 saturated heterocycles. The number of halogens is 1. The van der Waals surface area contributed by atoms with Gasteiger partial charge in [0.25, 0.3) is 0 Å². The maximum absolute atomic E-state index is 11.9. The minimum absolute atomic E-state index is 0. The van der Waals surface area contributed by atoms with Crippen LogP contribution in [0.5, 0.6) is 0 Å². The lowest BCUT2D eigenvalue weighted by atomic mass is 9.91. The molecule has 0 bridgehead atoms. The van der Waals surface area contributed by atoms with Gasteiger partial charge in [0.05, 0.1) is 0 Å². The summed E-state index contributed by atoms with van der Waals surface area (Å²) in [6.45, 7) is 9.81. The van der Waals surface area contributed by atoms with Gasteiger partial charge in [0, 0.05) is 13.1 Å². The van der Waals surface area contributed by atoms with Crippen molar-refractivity contribution in [1.82, 2.24) is 10.2 Å². The molecule has 4 heterocycles. The number of likely N-dealkylation sites (tertiary alicyclic amines) is 1. The number of carbonyl (C=O) groups is 1. The number of nitrogens with one attached hydrogen (secondary N) is 1. The van der Waals surface area contributed by atoms with Gasteiger partial charge >= 0.3 is 6.09 Å². The first-order chi connectivity index (χ1) is 14.9. The van der Waals surface area contributed by atoms with E-state index >= 15 is 0 Å². The van der Waals surface area contributed by atoms with Crippen LogP contribution in [-0.4, -0.2) is 42.8 Å². The van der Waals surface area contributed by atoms with Gasteiger partial charge in [0.15, 0.2) is 0 Å². The average Bonchev–Trinajstić information content (AvgIpc) is 3.43. The third-order valence-electron chi connectivity index (χ3n) is 5.93. The predicted octanol–water partition coefficient (Wildman–Crippen LogP) is 6.65. The first-order valence-electron chi connectivity index (χ1n) is 11.6. The second-order valence-corrected chi connectivity index (χ2v) is 11.3. The summed E-state index contributed by atoms with van der Waals surface area (Å²) < 4.78 is 5.41. The molecule has 1 N–H and O–H groups in total. The van der Waals surface area contributed by atoms with Gasteiger partial charge in [-0.1, -0.05) is 0 Å². The number of piperidine rings is 2. The summed E-state index contributed by atoms with van der Waals surface area (Å²) in [5.74, 6) is 1.63. The van der Waals surface area contributed by atoms with Gasteiger partial charge < -0.3 is 15.0 Å². The Labute approximate surface area is 208 Å². The van der Waals surface area contributed by atoms with Crippen LogP contribution in [-0.2, 0) is 17.6 Å². The number of carbonyl (C=O) groups excluding carboxylic acids is 1. The fourth-order valence-corrected chi connectivity index (χ4v) is 5.58. The van der Waals surface area contributed by atoms with Crippen LogP contribution in [0, 0.1) is 11.8 Å². The van der Waals surface area contributed by atoms with Crippen molar-refractivity contribution in [2.75, 3.05) is 26.2 Å². The minimum atomic E-state index is -0.398. The highest BCUT2D eigenvalue weighted by molar-refractivity contribution is 7.08. The lowest BCUT2D eigenvalue weighted by Gasteiger charge is -2.33. The molecule has 2 aromatic heterocycles. The monoisotopic (exact) mass is 498 g/mol. The van der Waals surface area contributed by atoms with E-state index in [4.69, 9.17) is 4.74 Å². The molecule has 180 valence electrons. The van der Waals surface area contributed by atoms with Gasteiger partial charge in [-0.2, -0.15) is 22.7 Å². The predicted molar refractivity (Wildman–Crippen MR) is 139 cm³/mol. The summed E-state index contributed by atoms with van der Waals surface area (Å²) in [6.07, 6.45) is 7.15. The molecular weight excluding hydrogens is 460 g/mol. The fraction of sp³-hybridized carbons (Fsp3) is 0.640. The maximum atomic E-state index is 11.9. The Morgan fingerprint density at radius 1 is 0.969 bits per heavy atom. The molecule has 2 aromatic rings. The molecule has 7 heteroatoms. The normalized spacial score (nSPS) is 17.8. The highest BCUT2D eigenvalue weighted by Crippen LogP contribution is 2.24. The van der Waals surface area contributed by atoms with Crippen LogP contribution in [0.4, 0.5) is 4.79 Å². The largest absolute Gasteiger partial charge is 0.444 e. The second kappa shape index (κ2) is 13.6.